The van der Waals surface area contributed by atoms with Gasteiger partial charge in [0.05, 0.1) is 6.67 Å². The molecule has 0 amide bonds. The molecule has 0 bridgehead atoms. The maximum absolute atomic E-state index is 3.94. The number of hydrogen-bond acceptors (Lipinski definition) is 2. The Morgan fingerprint density at radius 1 is 1.03 bits per heavy atom. The molecule has 0 atom stereocenters. The summed E-state index contributed by atoms with van der Waals surface area (Å²) in [5, 5.41) is 0. The van der Waals surface area contributed by atoms with Gasteiger partial charge in [0.1, 0.15) is 0 Å². The van der Waals surface area contributed by atoms with Gasteiger partial charge in [-0.1, -0.05) is 64.1 Å². The van der Waals surface area contributed by atoms with Crippen molar-refractivity contribution in [1.29, 1.82) is 0 Å². The third-order valence-corrected chi connectivity index (χ3v) is 8.10. The van der Waals surface area contributed by atoms with Gasteiger partial charge in [0.2, 0.25) is 0 Å². The number of allylic oxidation sites excluding steroid dienone is 1. The SMILES string of the molecule is C=CCCc1ccc(CN2CCN(c3cccc(C)c3C)C2)cc1CCCC(C)(C)C(C)C. The zero-order valence-corrected chi connectivity index (χ0v) is 22.1. The highest BCUT2D eigenvalue weighted by atomic mass is 15.4. The van der Waals surface area contributed by atoms with E-state index in [1.54, 1.807) is 5.56 Å². The Morgan fingerprint density at radius 2 is 1.82 bits per heavy atom. The Bertz CT molecular complexity index is 925. The van der Waals surface area contributed by atoms with E-state index in [4.69, 9.17) is 0 Å². The van der Waals surface area contributed by atoms with E-state index in [0.29, 0.717) is 5.41 Å². The standard InChI is InChI=1S/C31H46N2/c1-8-9-13-28-17-16-27(21-29(28)14-11-18-31(6,7)24(2)3)22-32-19-20-33(23-32)30-15-10-12-25(4)26(30)5/h8,10,12,15-17,21,24H,1,9,11,13-14,18-20,22-23H2,2-7H3. The molecule has 1 fully saturated rings. The molecule has 0 spiro atoms. The van der Waals surface area contributed by atoms with E-state index in [1.807, 2.05) is 6.08 Å². The lowest BCUT2D eigenvalue weighted by Crippen LogP contribution is -2.25. The molecule has 180 valence electrons. The molecule has 0 N–H and O–H groups in total. The summed E-state index contributed by atoms with van der Waals surface area (Å²) in [4.78, 5) is 5.13. The number of rotatable bonds is 11. The molecule has 33 heavy (non-hydrogen) atoms. The predicted molar refractivity (Wildman–Crippen MR) is 145 cm³/mol. The van der Waals surface area contributed by atoms with Crippen molar-refractivity contribution in [3.63, 3.8) is 0 Å². The summed E-state index contributed by atoms with van der Waals surface area (Å²) >= 11 is 0. The van der Waals surface area contributed by atoms with Crippen LogP contribution in [0.5, 0.6) is 0 Å². The molecule has 1 aliphatic rings. The number of hydrogen-bond donors (Lipinski definition) is 0. The average molecular weight is 447 g/mol. The molecule has 0 radical (unpaired) electrons. The molecule has 3 rings (SSSR count). The van der Waals surface area contributed by atoms with Gasteiger partial charge in [-0.2, -0.15) is 0 Å². The van der Waals surface area contributed by atoms with Crippen LogP contribution in [0, 0.1) is 25.2 Å². The van der Waals surface area contributed by atoms with Crippen molar-refractivity contribution < 1.29 is 0 Å². The minimum atomic E-state index is 0.409. The van der Waals surface area contributed by atoms with Crippen molar-refractivity contribution in [2.45, 2.75) is 80.2 Å². The van der Waals surface area contributed by atoms with Gasteiger partial charge >= 0.3 is 0 Å². The maximum Gasteiger partial charge on any atom is 0.0711 e. The van der Waals surface area contributed by atoms with Gasteiger partial charge in [0, 0.05) is 25.3 Å². The molecule has 1 saturated heterocycles. The number of benzene rings is 2. The average Bonchev–Trinajstić information content (AvgIpc) is 3.23. The molecule has 2 aromatic rings. The first-order chi connectivity index (χ1) is 15.7. The Morgan fingerprint density at radius 3 is 2.55 bits per heavy atom. The lowest BCUT2D eigenvalue weighted by molar-refractivity contribution is 0.223. The third kappa shape index (κ3) is 6.73. The summed E-state index contributed by atoms with van der Waals surface area (Å²) in [6.07, 6.45) is 7.95. The summed E-state index contributed by atoms with van der Waals surface area (Å²) in [5.41, 5.74) is 9.12. The molecule has 2 nitrogen and oxygen atoms in total. The fourth-order valence-electron chi connectivity index (χ4n) is 4.84. The van der Waals surface area contributed by atoms with E-state index in [2.05, 4.69) is 94.3 Å². The summed E-state index contributed by atoms with van der Waals surface area (Å²) in [6, 6.07) is 13.9. The Hall–Kier alpha value is -2.06. The number of nitrogens with zero attached hydrogens (tertiary/aromatic N) is 2. The lowest BCUT2D eigenvalue weighted by atomic mass is 9.77. The summed E-state index contributed by atoms with van der Waals surface area (Å²) in [5.74, 6) is 0.722. The van der Waals surface area contributed by atoms with Gasteiger partial charge in [-0.15, -0.1) is 6.58 Å². The minimum absolute atomic E-state index is 0.409. The molecule has 1 heterocycles. The first-order valence-corrected chi connectivity index (χ1v) is 13.0. The summed E-state index contributed by atoms with van der Waals surface area (Å²) in [7, 11) is 0. The van der Waals surface area contributed by atoms with Crippen molar-refractivity contribution in [3.05, 3.63) is 76.9 Å². The Kier molecular flexibility index (Phi) is 8.82. The van der Waals surface area contributed by atoms with Crippen LogP contribution >= 0.6 is 0 Å². The van der Waals surface area contributed by atoms with Crippen molar-refractivity contribution in [2.24, 2.45) is 11.3 Å². The molecule has 2 aromatic carbocycles. The smallest absolute Gasteiger partial charge is 0.0711 e. The molecule has 1 aliphatic heterocycles. The van der Waals surface area contributed by atoms with Crippen LogP contribution in [-0.2, 0) is 19.4 Å². The Balaban J connectivity index is 1.67. The highest BCUT2D eigenvalue weighted by molar-refractivity contribution is 5.56. The topological polar surface area (TPSA) is 6.48 Å². The van der Waals surface area contributed by atoms with Gasteiger partial charge < -0.3 is 4.90 Å². The monoisotopic (exact) mass is 446 g/mol. The zero-order valence-electron chi connectivity index (χ0n) is 22.1. The highest BCUT2D eigenvalue weighted by Crippen LogP contribution is 2.32. The molecule has 0 aromatic heterocycles. The van der Waals surface area contributed by atoms with E-state index < -0.39 is 0 Å². The Labute approximate surface area is 203 Å². The van der Waals surface area contributed by atoms with Gasteiger partial charge in [-0.25, -0.2) is 0 Å². The molecular formula is C31H46N2. The van der Waals surface area contributed by atoms with Gasteiger partial charge in [-0.3, -0.25) is 4.90 Å². The molecule has 2 heteroatoms. The van der Waals surface area contributed by atoms with Crippen molar-refractivity contribution in [1.82, 2.24) is 4.90 Å². The van der Waals surface area contributed by atoms with Crippen LogP contribution in [0.15, 0.2) is 49.1 Å². The first-order valence-electron chi connectivity index (χ1n) is 13.0. The van der Waals surface area contributed by atoms with Crippen LogP contribution in [-0.4, -0.2) is 24.7 Å². The fraction of sp³-hybridized carbons (Fsp3) is 0.548. The van der Waals surface area contributed by atoms with E-state index >= 15 is 0 Å². The predicted octanol–water partition coefficient (Wildman–Crippen LogP) is 7.71. The normalized spacial score (nSPS) is 14.9. The summed E-state index contributed by atoms with van der Waals surface area (Å²) < 4.78 is 0. The second kappa shape index (κ2) is 11.4. The molecule has 0 saturated carbocycles. The van der Waals surface area contributed by atoms with E-state index in [-0.39, 0.29) is 0 Å². The van der Waals surface area contributed by atoms with E-state index in [1.165, 1.54) is 47.2 Å². The van der Waals surface area contributed by atoms with Gasteiger partial charge in [-0.05, 0) is 91.2 Å². The van der Waals surface area contributed by atoms with E-state index in [9.17, 15) is 0 Å². The van der Waals surface area contributed by atoms with Crippen LogP contribution in [0.3, 0.4) is 0 Å². The first kappa shape index (κ1) is 25.6. The van der Waals surface area contributed by atoms with Crippen molar-refractivity contribution >= 4 is 5.69 Å². The van der Waals surface area contributed by atoms with Crippen LogP contribution < -0.4 is 4.90 Å². The minimum Gasteiger partial charge on any atom is -0.357 e. The fourth-order valence-corrected chi connectivity index (χ4v) is 4.84. The molecule has 0 aliphatic carbocycles. The molecule has 0 unspecified atom stereocenters. The molecular weight excluding hydrogens is 400 g/mol. The summed E-state index contributed by atoms with van der Waals surface area (Å²) in [6.45, 7) is 22.2. The second-order valence-corrected chi connectivity index (χ2v) is 11.1. The van der Waals surface area contributed by atoms with Crippen LogP contribution in [0.4, 0.5) is 5.69 Å². The zero-order chi connectivity index (χ0) is 24.0. The number of aryl methyl sites for hydroxylation is 3. The quantitative estimate of drug-likeness (QED) is 0.326. The van der Waals surface area contributed by atoms with Gasteiger partial charge in [0.15, 0.2) is 0 Å². The lowest BCUT2D eigenvalue weighted by Gasteiger charge is -2.29. The van der Waals surface area contributed by atoms with Crippen molar-refractivity contribution in [2.75, 3.05) is 24.7 Å². The number of anilines is 1. The largest absolute Gasteiger partial charge is 0.357 e. The van der Waals surface area contributed by atoms with Gasteiger partial charge in [0.25, 0.3) is 0 Å². The third-order valence-electron chi connectivity index (χ3n) is 8.10. The highest BCUT2D eigenvalue weighted by Gasteiger charge is 2.23. The van der Waals surface area contributed by atoms with Crippen LogP contribution in [0.1, 0.15) is 74.8 Å². The van der Waals surface area contributed by atoms with Crippen LogP contribution in [0.2, 0.25) is 0 Å². The second-order valence-electron chi connectivity index (χ2n) is 11.1. The van der Waals surface area contributed by atoms with E-state index in [0.717, 1.165) is 45.1 Å². The van der Waals surface area contributed by atoms with Crippen molar-refractivity contribution in [3.8, 4) is 0 Å². The maximum atomic E-state index is 3.94. The van der Waals surface area contributed by atoms with Crippen LogP contribution in [0.25, 0.3) is 0 Å².